The molecule has 2 aromatic carbocycles. The molecule has 6 nitrogen and oxygen atoms in total. The number of hydrogen-bond acceptors (Lipinski definition) is 5. The Kier molecular flexibility index (Phi) is 4.92. The molecule has 4 rings (SSSR count). The molecule has 0 spiro atoms. The van der Waals surface area contributed by atoms with Crippen LogP contribution in [0, 0.1) is 0 Å². The number of aryl methyl sites for hydroxylation is 1. The van der Waals surface area contributed by atoms with Gasteiger partial charge in [-0.3, -0.25) is 9.69 Å². The van der Waals surface area contributed by atoms with Crippen LogP contribution in [0.15, 0.2) is 42.1 Å². The molecule has 2 heterocycles. The summed E-state index contributed by atoms with van der Waals surface area (Å²) < 4.78 is 16.7. The third kappa shape index (κ3) is 3.18. The average molecular weight is 396 g/mol. The van der Waals surface area contributed by atoms with Crippen molar-refractivity contribution in [3.05, 3.63) is 53.2 Å². The Hall–Kier alpha value is -3.06. The Morgan fingerprint density at radius 3 is 2.82 bits per heavy atom. The van der Waals surface area contributed by atoms with Gasteiger partial charge in [0.2, 0.25) is 5.75 Å². The Morgan fingerprint density at radius 1 is 1.25 bits per heavy atom. The molecule has 1 fully saturated rings. The highest BCUT2D eigenvalue weighted by atomic mass is 32.1. The molecule has 0 bridgehead atoms. The first-order valence-electron chi connectivity index (χ1n) is 9.05. The second-order valence-corrected chi connectivity index (χ2v) is 6.75. The van der Waals surface area contributed by atoms with Gasteiger partial charge in [0.05, 0.1) is 12.8 Å². The molecule has 0 atom stereocenters. The van der Waals surface area contributed by atoms with E-state index in [9.17, 15) is 4.79 Å². The molecule has 0 unspecified atom stereocenters. The van der Waals surface area contributed by atoms with E-state index in [4.69, 9.17) is 26.4 Å². The molecule has 0 radical (unpaired) electrons. The van der Waals surface area contributed by atoms with Crippen LogP contribution in [0.4, 0.5) is 5.69 Å². The number of nitrogens with one attached hydrogen (secondary N) is 1. The first-order valence-corrected chi connectivity index (χ1v) is 9.46. The van der Waals surface area contributed by atoms with Gasteiger partial charge in [-0.1, -0.05) is 25.1 Å². The number of carbonyl (C=O) groups excluding carboxylic acids is 1. The monoisotopic (exact) mass is 396 g/mol. The van der Waals surface area contributed by atoms with E-state index in [2.05, 4.69) is 5.32 Å². The zero-order valence-corrected chi connectivity index (χ0v) is 16.5. The Morgan fingerprint density at radius 2 is 2.04 bits per heavy atom. The predicted octanol–water partition coefficient (Wildman–Crippen LogP) is 3.29. The number of thiocarbonyl (C=S) groups is 1. The molecule has 144 valence electrons. The summed E-state index contributed by atoms with van der Waals surface area (Å²) in [6, 6.07) is 11.4. The summed E-state index contributed by atoms with van der Waals surface area (Å²) in [6.45, 7) is 3.00. The van der Waals surface area contributed by atoms with Crippen LogP contribution < -0.4 is 24.4 Å². The number of benzene rings is 2. The molecule has 1 saturated heterocycles. The Bertz CT molecular complexity index is 969. The van der Waals surface area contributed by atoms with Crippen LogP contribution >= 0.6 is 12.2 Å². The highest BCUT2D eigenvalue weighted by molar-refractivity contribution is 7.80. The third-order valence-electron chi connectivity index (χ3n) is 4.65. The number of amides is 1. The number of carbonyl (C=O) groups is 1. The summed E-state index contributed by atoms with van der Waals surface area (Å²) in [7, 11) is 1.57. The summed E-state index contributed by atoms with van der Waals surface area (Å²) >= 11 is 5.43. The van der Waals surface area contributed by atoms with Crippen LogP contribution in [0.25, 0.3) is 6.08 Å². The fourth-order valence-electron chi connectivity index (χ4n) is 3.33. The third-order valence-corrected chi connectivity index (χ3v) is 4.94. The lowest BCUT2D eigenvalue weighted by Gasteiger charge is -2.21. The molecule has 1 amide bonds. The topological polar surface area (TPSA) is 60.0 Å². The van der Waals surface area contributed by atoms with E-state index in [1.54, 1.807) is 19.3 Å². The number of ether oxygens (including phenoxy) is 3. The molecule has 0 aliphatic carbocycles. The number of methoxy groups -OCH3 is 1. The van der Waals surface area contributed by atoms with Gasteiger partial charge < -0.3 is 19.5 Å². The fourth-order valence-corrected chi connectivity index (χ4v) is 3.62. The predicted molar refractivity (Wildman–Crippen MR) is 111 cm³/mol. The molecule has 0 aromatic heterocycles. The maximum Gasteiger partial charge on any atom is 0.281 e. The lowest BCUT2D eigenvalue weighted by Crippen LogP contribution is -2.31. The second kappa shape index (κ2) is 7.52. The summed E-state index contributed by atoms with van der Waals surface area (Å²) in [6.07, 6.45) is 2.55. The fraction of sp³-hybridized carbons (Fsp3) is 0.238. The summed E-state index contributed by atoms with van der Waals surface area (Å²) in [5, 5.41) is 3.39. The summed E-state index contributed by atoms with van der Waals surface area (Å²) in [5.74, 6) is 1.54. The van der Waals surface area contributed by atoms with Crippen molar-refractivity contribution in [2.24, 2.45) is 0 Å². The van der Waals surface area contributed by atoms with Crippen LogP contribution in [0.1, 0.15) is 18.1 Å². The van der Waals surface area contributed by atoms with Gasteiger partial charge in [-0.2, -0.15) is 0 Å². The molecular formula is C21H20N2O4S. The highest BCUT2D eigenvalue weighted by Gasteiger charge is 2.33. The van der Waals surface area contributed by atoms with Gasteiger partial charge in [-0.05, 0) is 54.0 Å². The molecule has 0 saturated carbocycles. The number of para-hydroxylation sites is 1. The standard InChI is InChI=1S/C21H20N2O4S/c1-3-14-6-4-5-7-16(14)23-20(24)15(22-21(23)28)10-13-11-17(25-2)19-18(12-13)26-8-9-27-19/h4-7,10-12H,3,8-9H2,1-2H3,(H,22,28)/b15-10-. The number of fused-ring (bicyclic) bond motifs is 1. The zero-order chi connectivity index (χ0) is 19.7. The zero-order valence-electron chi connectivity index (χ0n) is 15.7. The van der Waals surface area contributed by atoms with Gasteiger partial charge in [0.1, 0.15) is 18.9 Å². The van der Waals surface area contributed by atoms with E-state index in [0.717, 1.165) is 23.2 Å². The van der Waals surface area contributed by atoms with Gasteiger partial charge in [0.25, 0.3) is 5.91 Å². The van der Waals surface area contributed by atoms with Crippen molar-refractivity contribution in [2.45, 2.75) is 13.3 Å². The minimum atomic E-state index is -0.195. The average Bonchev–Trinajstić information content (AvgIpc) is 3.00. The van der Waals surface area contributed by atoms with E-state index >= 15 is 0 Å². The summed E-state index contributed by atoms with van der Waals surface area (Å²) in [5.41, 5.74) is 3.01. The van der Waals surface area contributed by atoms with Crippen molar-refractivity contribution >= 4 is 35.0 Å². The van der Waals surface area contributed by atoms with Crippen molar-refractivity contribution in [1.29, 1.82) is 0 Å². The van der Waals surface area contributed by atoms with Crippen LogP contribution in [-0.4, -0.2) is 31.3 Å². The Balaban J connectivity index is 1.70. The molecule has 7 heteroatoms. The highest BCUT2D eigenvalue weighted by Crippen LogP contribution is 2.41. The SMILES string of the molecule is CCc1ccccc1N1C(=O)/C(=C/c2cc(OC)c3c(c2)OCCO3)NC1=S. The van der Waals surface area contributed by atoms with Crippen LogP contribution in [0.2, 0.25) is 0 Å². The minimum Gasteiger partial charge on any atom is -0.493 e. The maximum atomic E-state index is 13.1. The Labute approximate surface area is 168 Å². The van der Waals surface area contributed by atoms with Crippen molar-refractivity contribution < 1.29 is 19.0 Å². The first-order chi connectivity index (χ1) is 13.6. The van der Waals surface area contributed by atoms with Crippen LogP contribution in [-0.2, 0) is 11.2 Å². The smallest absolute Gasteiger partial charge is 0.281 e. The van der Waals surface area contributed by atoms with Gasteiger partial charge in [0, 0.05) is 0 Å². The quantitative estimate of drug-likeness (QED) is 0.632. The van der Waals surface area contributed by atoms with E-state index in [-0.39, 0.29) is 5.91 Å². The lowest BCUT2D eigenvalue weighted by molar-refractivity contribution is -0.113. The van der Waals surface area contributed by atoms with E-state index < -0.39 is 0 Å². The van der Waals surface area contributed by atoms with E-state index in [1.165, 1.54) is 4.90 Å². The molecule has 1 N–H and O–H groups in total. The number of rotatable bonds is 4. The largest absolute Gasteiger partial charge is 0.493 e. The molecule has 2 aromatic rings. The van der Waals surface area contributed by atoms with Crippen molar-refractivity contribution in [2.75, 3.05) is 25.2 Å². The molecule has 28 heavy (non-hydrogen) atoms. The van der Waals surface area contributed by atoms with E-state index in [0.29, 0.717) is 41.3 Å². The minimum absolute atomic E-state index is 0.195. The van der Waals surface area contributed by atoms with E-state index in [1.807, 2.05) is 37.3 Å². The van der Waals surface area contributed by atoms with Gasteiger partial charge in [0.15, 0.2) is 16.6 Å². The van der Waals surface area contributed by atoms with Gasteiger partial charge in [-0.25, -0.2) is 0 Å². The van der Waals surface area contributed by atoms with Gasteiger partial charge in [-0.15, -0.1) is 0 Å². The lowest BCUT2D eigenvalue weighted by atomic mass is 10.1. The van der Waals surface area contributed by atoms with Crippen molar-refractivity contribution in [3.8, 4) is 17.2 Å². The van der Waals surface area contributed by atoms with Crippen LogP contribution in [0.3, 0.4) is 0 Å². The first kappa shape index (κ1) is 18.3. The van der Waals surface area contributed by atoms with Crippen LogP contribution in [0.5, 0.6) is 17.2 Å². The normalized spacial score (nSPS) is 17.1. The second-order valence-electron chi connectivity index (χ2n) is 6.36. The van der Waals surface area contributed by atoms with Crippen molar-refractivity contribution in [3.63, 3.8) is 0 Å². The summed E-state index contributed by atoms with van der Waals surface area (Å²) in [4.78, 5) is 14.6. The molecule has 2 aliphatic rings. The van der Waals surface area contributed by atoms with Gasteiger partial charge >= 0.3 is 0 Å². The number of hydrogen-bond donors (Lipinski definition) is 1. The number of nitrogens with zero attached hydrogens (tertiary/aromatic N) is 1. The maximum absolute atomic E-state index is 13.1. The molecule has 2 aliphatic heterocycles. The number of anilines is 1. The van der Waals surface area contributed by atoms with Crippen molar-refractivity contribution in [1.82, 2.24) is 5.32 Å². The molecular weight excluding hydrogens is 376 g/mol.